The van der Waals surface area contributed by atoms with Crippen LogP contribution in [-0.4, -0.2) is 53.9 Å². The molecular formula is C15H16N6OS2. The third kappa shape index (κ3) is 2.89. The van der Waals surface area contributed by atoms with Crippen LogP contribution in [0, 0.1) is 0 Å². The Balaban J connectivity index is 1.58. The predicted molar refractivity (Wildman–Crippen MR) is 93.0 cm³/mol. The second-order valence-electron chi connectivity index (χ2n) is 5.63. The second-order valence-corrected chi connectivity index (χ2v) is 7.71. The molecule has 1 atom stereocenters. The summed E-state index contributed by atoms with van der Waals surface area (Å²) in [6, 6.07) is 3.75. The van der Waals surface area contributed by atoms with E-state index in [1.54, 1.807) is 10.0 Å². The third-order valence-electron chi connectivity index (χ3n) is 3.96. The van der Waals surface area contributed by atoms with Crippen molar-refractivity contribution in [1.82, 2.24) is 29.7 Å². The van der Waals surface area contributed by atoms with Gasteiger partial charge in [-0.2, -0.15) is 9.61 Å². The molecule has 3 aromatic rings. The van der Waals surface area contributed by atoms with E-state index >= 15 is 0 Å². The van der Waals surface area contributed by atoms with E-state index in [9.17, 15) is 4.79 Å². The van der Waals surface area contributed by atoms with Gasteiger partial charge in [-0.3, -0.25) is 4.79 Å². The number of fused-ring (bicyclic) bond motifs is 1. The Morgan fingerprint density at radius 3 is 2.88 bits per heavy atom. The fourth-order valence-corrected chi connectivity index (χ4v) is 4.16. The molecule has 7 nitrogen and oxygen atoms in total. The minimum absolute atomic E-state index is 0.160. The highest BCUT2D eigenvalue weighted by molar-refractivity contribution is 8.00. The summed E-state index contributed by atoms with van der Waals surface area (Å²) in [7, 11) is 0. The predicted octanol–water partition coefficient (Wildman–Crippen LogP) is 2.35. The van der Waals surface area contributed by atoms with Crippen molar-refractivity contribution in [3.05, 3.63) is 23.0 Å². The van der Waals surface area contributed by atoms with Crippen LogP contribution >= 0.6 is 23.1 Å². The molecular weight excluding hydrogens is 344 g/mol. The Hall–Kier alpha value is -2.00. The minimum Gasteiger partial charge on any atom is -0.342 e. The van der Waals surface area contributed by atoms with Crippen LogP contribution in [0.15, 0.2) is 28.0 Å². The summed E-state index contributed by atoms with van der Waals surface area (Å²) in [6.45, 7) is 3.68. The molecule has 4 heterocycles. The topological polar surface area (TPSA) is 76.3 Å². The van der Waals surface area contributed by atoms with Crippen LogP contribution in [0.5, 0.6) is 0 Å². The van der Waals surface area contributed by atoms with E-state index in [1.807, 2.05) is 29.3 Å². The molecule has 0 aliphatic carbocycles. The minimum atomic E-state index is -0.160. The Kier molecular flexibility index (Phi) is 4.19. The fraction of sp³-hybridized carbons (Fsp3) is 0.400. The monoisotopic (exact) mass is 360 g/mol. The Morgan fingerprint density at radius 1 is 1.29 bits per heavy atom. The average Bonchev–Trinajstić information content (AvgIpc) is 3.33. The third-order valence-corrected chi connectivity index (χ3v) is 5.56. The van der Waals surface area contributed by atoms with Gasteiger partial charge in [0.2, 0.25) is 11.7 Å². The highest BCUT2D eigenvalue weighted by atomic mass is 32.2. The van der Waals surface area contributed by atoms with Gasteiger partial charge < -0.3 is 4.90 Å². The molecule has 0 bridgehead atoms. The lowest BCUT2D eigenvalue weighted by Gasteiger charge is -2.19. The SMILES string of the molecule is C[C@@H](Sc1ccc2nnc(-c3cscn3)n2n1)C(=O)N1CCCC1. The molecule has 4 rings (SSSR count). The van der Waals surface area contributed by atoms with Crippen LogP contribution in [0.3, 0.4) is 0 Å². The lowest BCUT2D eigenvalue weighted by Crippen LogP contribution is -2.34. The van der Waals surface area contributed by atoms with Crippen molar-refractivity contribution in [2.75, 3.05) is 13.1 Å². The quantitative estimate of drug-likeness (QED) is 0.665. The smallest absolute Gasteiger partial charge is 0.235 e. The number of thiazole rings is 1. The van der Waals surface area contributed by atoms with Crippen molar-refractivity contribution >= 4 is 34.7 Å². The number of hydrogen-bond acceptors (Lipinski definition) is 7. The molecule has 0 radical (unpaired) electrons. The van der Waals surface area contributed by atoms with Gasteiger partial charge in [0, 0.05) is 18.5 Å². The van der Waals surface area contributed by atoms with Gasteiger partial charge in [-0.15, -0.1) is 21.5 Å². The zero-order chi connectivity index (χ0) is 16.5. The summed E-state index contributed by atoms with van der Waals surface area (Å²) in [5.41, 5.74) is 3.18. The van der Waals surface area contributed by atoms with Gasteiger partial charge in [-0.05, 0) is 31.9 Å². The van der Waals surface area contributed by atoms with Gasteiger partial charge in [0.05, 0.1) is 10.8 Å². The maximum absolute atomic E-state index is 12.5. The molecule has 3 aromatic heterocycles. The maximum Gasteiger partial charge on any atom is 0.235 e. The number of carbonyl (C=O) groups excluding carboxylic acids is 1. The fourth-order valence-electron chi connectivity index (χ4n) is 2.74. The number of aromatic nitrogens is 5. The molecule has 9 heteroatoms. The van der Waals surface area contributed by atoms with Crippen LogP contribution < -0.4 is 0 Å². The van der Waals surface area contributed by atoms with Crippen molar-refractivity contribution in [2.45, 2.75) is 30.0 Å². The van der Waals surface area contributed by atoms with E-state index in [0.29, 0.717) is 11.5 Å². The van der Waals surface area contributed by atoms with E-state index in [-0.39, 0.29) is 11.2 Å². The number of rotatable bonds is 4. The van der Waals surface area contributed by atoms with E-state index in [1.165, 1.54) is 23.1 Å². The average molecular weight is 360 g/mol. The van der Waals surface area contributed by atoms with Crippen LogP contribution in [0.4, 0.5) is 0 Å². The van der Waals surface area contributed by atoms with E-state index < -0.39 is 0 Å². The molecule has 124 valence electrons. The van der Waals surface area contributed by atoms with Gasteiger partial charge in [0.15, 0.2) is 5.65 Å². The van der Waals surface area contributed by atoms with Gasteiger partial charge in [0.25, 0.3) is 0 Å². The largest absolute Gasteiger partial charge is 0.342 e. The van der Waals surface area contributed by atoms with Crippen LogP contribution in [0.25, 0.3) is 17.2 Å². The number of carbonyl (C=O) groups is 1. The number of thioether (sulfide) groups is 1. The molecule has 1 fully saturated rings. The number of hydrogen-bond donors (Lipinski definition) is 0. The first kappa shape index (κ1) is 15.5. The standard InChI is InChI=1S/C15H16N6OS2/c1-10(15(22)20-6-2-3-7-20)24-13-5-4-12-17-18-14(21(12)19-13)11-8-23-9-16-11/h4-5,8-10H,2-3,6-7H2,1H3/t10-/m1/s1. The van der Waals surface area contributed by atoms with Gasteiger partial charge in [-0.25, -0.2) is 4.98 Å². The summed E-state index contributed by atoms with van der Waals surface area (Å²) in [5.74, 6) is 0.801. The van der Waals surface area contributed by atoms with Crippen molar-refractivity contribution in [2.24, 2.45) is 0 Å². The Bertz CT molecular complexity index is 856. The molecule has 1 aliphatic heterocycles. The zero-order valence-corrected chi connectivity index (χ0v) is 14.8. The maximum atomic E-state index is 12.5. The lowest BCUT2D eigenvalue weighted by molar-refractivity contribution is -0.129. The van der Waals surface area contributed by atoms with E-state index in [2.05, 4.69) is 20.3 Å². The van der Waals surface area contributed by atoms with Crippen LogP contribution in [0.2, 0.25) is 0 Å². The first-order valence-corrected chi connectivity index (χ1v) is 9.61. The van der Waals surface area contributed by atoms with Gasteiger partial charge >= 0.3 is 0 Å². The number of nitrogens with zero attached hydrogens (tertiary/aromatic N) is 6. The summed E-state index contributed by atoms with van der Waals surface area (Å²) in [4.78, 5) is 18.7. The summed E-state index contributed by atoms with van der Waals surface area (Å²) in [6.07, 6.45) is 2.20. The normalized spacial score (nSPS) is 16.0. The summed E-state index contributed by atoms with van der Waals surface area (Å²) < 4.78 is 1.68. The van der Waals surface area contributed by atoms with E-state index in [0.717, 1.165) is 36.7 Å². The molecule has 0 unspecified atom stereocenters. The first-order valence-electron chi connectivity index (χ1n) is 7.79. The highest BCUT2D eigenvalue weighted by Crippen LogP contribution is 2.25. The second kappa shape index (κ2) is 6.48. The Labute approximate surface area is 147 Å². The van der Waals surface area contributed by atoms with Crippen molar-refractivity contribution in [1.29, 1.82) is 0 Å². The van der Waals surface area contributed by atoms with E-state index in [4.69, 9.17) is 0 Å². The van der Waals surface area contributed by atoms with Gasteiger partial charge in [0.1, 0.15) is 10.7 Å². The molecule has 1 amide bonds. The molecule has 1 aliphatic rings. The van der Waals surface area contributed by atoms with Crippen molar-refractivity contribution in [3.8, 4) is 11.5 Å². The molecule has 0 saturated carbocycles. The molecule has 0 aromatic carbocycles. The van der Waals surface area contributed by atoms with Crippen molar-refractivity contribution in [3.63, 3.8) is 0 Å². The summed E-state index contributed by atoms with van der Waals surface area (Å²) >= 11 is 2.97. The zero-order valence-electron chi connectivity index (χ0n) is 13.1. The number of amides is 1. The molecule has 0 N–H and O–H groups in total. The molecule has 0 spiro atoms. The lowest BCUT2D eigenvalue weighted by atomic mass is 10.4. The first-order chi connectivity index (χ1) is 11.7. The van der Waals surface area contributed by atoms with Gasteiger partial charge in [-0.1, -0.05) is 11.8 Å². The summed E-state index contributed by atoms with van der Waals surface area (Å²) in [5, 5.41) is 15.4. The van der Waals surface area contributed by atoms with Crippen LogP contribution in [0.1, 0.15) is 19.8 Å². The van der Waals surface area contributed by atoms with Crippen LogP contribution in [-0.2, 0) is 4.79 Å². The molecule has 24 heavy (non-hydrogen) atoms. The number of likely N-dealkylation sites (tertiary alicyclic amines) is 1. The molecule has 1 saturated heterocycles. The highest BCUT2D eigenvalue weighted by Gasteiger charge is 2.24. The van der Waals surface area contributed by atoms with Crippen molar-refractivity contribution < 1.29 is 4.79 Å². The Morgan fingerprint density at radius 2 is 2.12 bits per heavy atom.